The van der Waals surface area contributed by atoms with Gasteiger partial charge in [-0.25, -0.2) is 4.99 Å². The molecule has 0 amide bonds. The zero-order chi connectivity index (χ0) is 18.0. The number of aliphatic hydroxyl groups excluding tert-OH is 1. The minimum Gasteiger partial charge on any atom is -0.496 e. The van der Waals surface area contributed by atoms with E-state index < -0.39 is 0 Å². The Bertz CT molecular complexity index is 540. The van der Waals surface area contributed by atoms with Crippen molar-refractivity contribution in [1.29, 1.82) is 0 Å². The molecule has 0 heterocycles. The average Bonchev–Trinajstić information content (AvgIpc) is 2.65. The highest BCUT2D eigenvalue weighted by atomic mass is 127. The van der Waals surface area contributed by atoms with E-state index in [4.69, 9.17) is 9.73 Å². The molecule has 0 aliphatic heterocycles. The summed E-state index contributed by atoms with van der Waals surface area (Å²) in [5.74, 6) is 1.70. The molecule has 0 spiro atoms. The van der Waals surface area contributed by atoms with Crippen LogP contribution in [0.4, 0.5) is 0 Å². The van der Waals surface area contributed by atoms with Gasteiger partial charge in [-0.1, -0.05) is 37.5 Å². The van der Waals surface area contributed by atoms with E-state index in [1.165, 1.54) is 32.1 Å². The van der Waals surface area contributed by atoms with Crippen LogP contribution in [0.2, 0.25) is 0 Å². The molecular formula is C20H34IN3O2. The molecule has 0 unspecified atom stereocenters. The van der Waals surface area contributed by atoms with Crippen LogP contribution in [0.1, 0.15) is 51.0 Å². The van der Waals surface area contributed by atoms with E-state index in [-0.39, 0.29) is 36.0 Å². The molecule has 1 fully saturated rings. The summed E-state index contributed by atoms with van der Waals surface area (Å²) in [7, 11) is 1.69. The average molecular weight is 475 g/mol. The van der Waals surface area contributed by atoms with Gasteiger partial charge in [0.15, 0.2) is 5.96 Å². The first kappa shape index (κ1) is 23.0. The van der Waals surface area contributed by atoms with Crippen LogP contribution in [0.3, 0.4) is 0 Å². The second-order valence-corrected chi connectivity index (χ2v) is 6.89. The molecule has 0 atom stereocenters. The first-order chi connectivity index (χ1) is 12.2. The summed E-state index contributed by atoms with van der Waals surface area (Å²) in [6.07, 6.45) is 7.08. The van der Waals surface area contributed by atoms with Gasteiger partial charge in [0.1, 0.15) is 5.75 Å². The number of nitrogens with one attached hydrogen (secondary N) is 2. The van der Waals surface area contributed by atoms with Crippen LogP contribution in [-0.4, -0.2) is 37.9 Å². The van der Waals surface area contributed by atoms with Crippen LogP contribution in [0.15, 0.2) is 29.3 Å². The van der Waals surface area contributed by atoms with Crippen LogP contribution < -0.4 is 15.4 Å². The summed E-state index contributed by atoms with van der Waals surface area (Å²) in [6, 6.07) is 7.98. The van der Waals surface area contributed by atoms with Gasteiger partial charge in [0.25, 0.3) is 0 Å². The minimum atomic E-state index is 0. The van der Waals surface area contributed by atoms with E-state index in [0.717, 1.165) is 36.8 Å². The van der Waals surface area contributed by atoms with Crippen molar-refractivity contribution in [2.45, 2.75) is 52.0 Å². The highest BCUT2D eigenvalue weighted by molar-refractivity contribution is 14.0. The van der Waals surface area contributed by atoms with E-state index in [1.807, 2.05) is 24.3 Å². The third kappa shape index (κ3) is 6.95. The zero-order valence-corrected chi connectivity index (χ0v) is 18.4. The Labute approximate surface area is 175 Å². The Morgan fingerprint density at radius 2 is 1.92 bits per heavy atom. The molecule has 2 rings (SSSR count). The predicted molar refractivity (Wildman–Crippen MR) is 118 cm³/mol. The van der Waals surface area contributed by atoms with Gasteiger partial charge >= 0.3 is 0 Å². The number of hydrogen-bond acceptors (Lipinski definition) is 3. The molecule has 5 nitrogen and oxygen atoms in total. The summed E-state index contributed by atoms with van der Waals surface area (Å²) >= 11 is 0. The lowest BCUT2D eigenvalue weighted by Gasteiger charge is -2.37. The normalized spacial score (nSPS) is 16.5. The van der Waals surface area contributed by atoms with Gasteiger partial charge in [-0.2, -0.15) is 0 Å². The smallest absolute Gasteiger partial charge is 0.191 e. The number of rotatable bonds is 8. The maximum Gasteiger partial charge on any atom is 0.191 e. The lowest BCUT2D eigenvalue weighted by Crippen LogP contribution is -2.44. The lowest BCUT2D eigenvalue weighted by atomic mass is 9.72. The quantitative estimate of drug-likeness (QED) is 0.305. The third-order valence-electron chi connectivity index (χ3n) is 5.13. The molecule has 0 aromatic heterocycles. The second kappa shape index (κ2) is 12.4. The Hall–Kier alpha value is -1.02. The fraction of sp³-hybridized carbons (Fsp3) is 0.650. The summed E-state index contributed by atoms with van der Waals surface area (Å²) in [5, 5.41) is 16.3. The molecule has 1 aliphatic rings. The highest BCUT2D eigenvalue weighted by Gasteiger charge is 2.31. The molecular weight excluding hydrogens is 441 g/mol. The number of aliphatic imine (C=N–C) groups is 1. The second-order valence-electron chi connectivity index (χ2n) is 6.89. The molecule has 0 saturated heterocycles. The molecule has 1 aromatic rings. The fourth-order valence-electron chi connectivity index (χ4n) is 3.66. The van der Waals surface area contributed by atoms with Crippen molar-refractivity contribution < 1.29 is 9.84 Å². The van der Waals surface area contributed by atoms with Crippen molar-refractivity contribution in [3.8, 4) is 5.75 Å². The first-order valence-corrected chi connectivity index (χ1v) is 9.48. The van der Waals surface area contributed by atoms with Gasteiger partial charge in [0, 0.05) is 25.3 Å². The highest BCUT2D eigenvalue weighted by Crippen LogP contribution is 2.38. The maximum absolute atomic E-state index is 9.47. The topological polar surface area (TPSA) is 65.9 Å². The van der Waals surface area contributed by atoms with Gasteiger partial charge in [0.05, 0.1) is 13.7 Å². The van der Waals surface area contributed by atoms with Gasteiger partial charge in [-0.15, -0.1) is 24.0 Å². The van der Waals surface area contributed by atoms with Gasteiger partial charge in [0.2, 0.25) is 0 Å². The number of benzene rings is 1. The van der Waals surface area contributed by atoms with E-state index in [9.17, 15) is 5.11 Å². The summed E-state index contributed by atoms with van der Waals surface area (Å²) in [6.45, 7) is 4.60. The molecule has 1 aliphatic carbocycles. The summed E-state index contributed by atoms with van der Waals surface area (Å²) in [5.41, 5.74) is 1.28. The zero-order valence-electron chi connectivity index (χ0n) is 16.1. The largest absolute Gasteiger partial charge is 0.496 e. The molecule has 6 heteroatoms. The first-order valence-electron chi connectivity index (χ1n) is 9.48. The Morgan fingerprint density at radius 1 is 1.19 bits per heavy atom. The number of methoxy groups -OCH3 is 1. The number of para-hydroxylation sites is 1. The Kier molecular flexibility index (Phi) is 11.0. The number of nitrogens with zero attached hydrogens (tertiary/aromatic N) is 1. The number of hydrogen-bond donors (Lipinski definition) is 3. The van der Waals surface area contributed by atoms with Crippen LogP contribution in [0, 0.1) is 5.41 Å². The van der Waals surface area contributed by atoms with Crippen molar-refractivity contribution >= 4 is 29.9 Å². The van der Waals surface area contributed by atoms with E-state index in [2.05, 4.69) is 17.6 Å². The summed E-state index contributed by atoms with van der Waals surface area (Å²) < 4.78 is 5.40. The van der Waals surface area contributed by atoms with Gasteiger partial charge in [-0.3, -0.25) is 0 Å². The van der Waals surface area contributed by atoms with Crippen molar-refractivity contribution in [2.75, 3.05) is 26.8 Å². The molecule has 0 radical (unpaired) electrons. The molecule has 1 saturated carbocycles. The van der Waals surface area contributed by atoms with Crippen molar-refractivity contribution in [3.05, 3.63) is 29.8 Å². The monoisotopic (exact) mass is 475 g/mol. The van der Waals surface area contributed by atoms with E-state index >= 15 is 0 Å². The van der Waals surface area contributed by atoms with Crippen molar-refractivity contribution in [3.63, 3.8) is 0 Å². The maximum atomic E-state index is 9.47. The molecule has 3 N–H and O–H groups in total. The SMILES string of the molecule is CCNC(=NCc1ccccc1OC)NCC1(CCO)CCCCC1.I. The fourth-order valence-corrected chi connectivity index (χ4v) is 3.66. The van der Waals surface area contributed by atoms with Crippen LogP contribution in [-0.2, 0) is 6.54 Å². The third-order valence-corrected chi connectivity index (χ3v) is 5.13. The van der Waals surface area contributed by atoms with Gasteiger partial charge < -0.3 is 20.5 Å². The Balaban J connectivity index is 0.00000338. The van der Waals surface area contributed by atoms with Crippen LogP contribution in [0.25, 0.3) is 0 Å². The van der Waals surface area contributed by atoms with Crippen LogP contribution in [0.5, 0.6) is 5.75 Å². The predicted octanol–water partition coefficient (Wildman–Crippen LogP) is 3.70. The number of ether oxygens (including phenoxy) is 1. The molecule has 26 heavy (non-hydrogen) atoms. The standard InChI is InChI=1S/C20H33N3O2.HI/c1-3-21-19(22-15-17-9-5-6-10-18(17)25-2)23-16-20(13-14-24)11-7-4-8-12-20;/h5-6,9-10,24H,3-4,7-8,11-16H2,1-2H3,(H2,21,22,23);1H. The van der Waals surface area contributed by atoms with E-state index in [1.54, 1.807) is 7.11 Å². The van der Waals surface area contributed by atoms with Crippen molar-refractivity contribution in [2.24, 2.45) is 10.4 Å². The number of guanidine groups is 1. The lowest BCUT2D eigenvalue weighted by molar-refractivity contribution is 0.131. The van der Waals surface area contributed by atoms with Crippen LogP contribution >= 0.6 is 24.0 Å². The number of aliphatic hydroxyl groups is 1. The number of halogens is 1. The molecule has 148 valence electrons. The molecule has 1 aromatic carbocycles. The van der Waals surface area contributed by atoms with E-state index in [0.29, 0.717) is 6.54 Å². The Morgan fingerprint density at radius 3 is 2.58 bits per heavy atom. The minimum absolute atomic E-state index is 0. The van der Waals surface area contributed by atoms with Gasteiger partial charge in [-0.05, 0) is 37.7 Å². The van der Waals surface area contributed by atoms with Crippen molar-refractivity contribution in [1.82, 2.24) is 10.6 Å². The summed E-state index contributed by atoms with van der Waals surface area (Å²) in [4.78, 5) is 4.72. The molecule has 0 bridgehead atoms.